The van der Waals surface area contributed by atoms with E-state index in [0.29, 0.717) is 5.92 Å². The van der Waals surface area contributed by atoms with Crippen LogP contribution in [0.2, 0.25) is 0 Å². The van der Waals surface area contributed by atoms with Gasteiger partial charge in [0, 0.05) is 5.56 Å². The van der Waals surface area contributed by atoms with E-state index in [1.807, 2.05) is 36.4 Å². The molecule has 1 heterocycles. The maximum atomic E-state index is 11.9. The lowest BCUT2D eigenvalue weighted by Crippen LogP contribution is -1.95. The molecule has 0 aliphatic heterocycles. The van der Waals surface area contributed by atoms with E-state index < -0.39 is 0 Å². The van der Waals surface area contributed by atoms with Crippen LogP contribution in [0.1, 0.15) is 48.8 Å². The Balaban J connectivity index is 1.68. The number of hydrogen-bond donors (Lipinski definition) is 1. The summed E-state index contributed by atoms with van der Waals surface area (Å²) in [4.78, 5) is 20.0. The minimum Gasteiger partial charge on any atom is -0.338 e. The van der Waals surface area contributed by atoms with Crippen molar-refractivity contribution in [1.29, 1.82) is 0 Å². The molecule has 3 nitrogen and oxygen atoms in total. The molecule has 0 amide bonds. The first-order chi connectivity index (χ1) is 12.2. The quantitative estimate of drug-likeness (QED) is 0.630. The van der Waals surface area contributed by atoms with Gasteiger partial charge in [0.15, 0.2) is 5.78 Å². The van der Waals surface area contributed by atoms with E-state index >= 15 is 0 Å². The molecule has 0 unspecified atom stereocenters. The van der Waals surface area contributed by atoms with Gasteiger partial charge in [-0.3, -0.25) is 4.79 Å². The molecule has 1 aliphatic carbocycles. The summed E-state index contributed by atoms with van der Waals surface area (Å²) < 4.78 is 0. The van der Waals surface area contributed by atoms with Gasteiger partial charge in [-0.2, -0.15) is 0 Å². The standard InChI is InChI=1S/C22H22N2O/c1-15(25)18-8-4-5-9-19(18)17-11-12-20-21(14-17)24-22(23-20)13-10-16-6-2-3-7-16/h4-5,8-14,16H,2-3,6-7H2,1H3,(H,23,24)/b13-10+. The van der Waals surface area contributed by atoms with Gasteiger partial charge in [-0.1, -0.05) is 49.2 Å². The highest BCUT2D eigenvalue weighted by Crippen LogP contribution is 2.28. The number of allylic oxidation sites excluding steroid dienone is 1. The topological polar surface area (TPSA) is 45.8 Å². The van der Waals surface area contributed by atoms with Crippen molar-refractivity contribution in [3.05, 3.63) is 59.9 Å². The summed E-state index contributed by atoms with van der Waals surface area (Å²) in [5, 5.41) is 0. The van der Waals surface area contributed by atoms with Crippen molar-refractivity contribution in [2.45, 2.75) is 32.6 Å². The maximum Gasteiger partial charge on any atom is 0.160 e. The molecule has 3 aromatic rings. The Bertz CT molecular complexity index is 946. The molecule has 0 atom stereocenters. The van der Waals surface area contributed by atoms with Crippen molar-refractivity contribution >= 4 is 22.9 Å². The van der Waals surface area contributed by atoms with Crippen LogP contribution in [0, 0.1) is 5.92 Å². The summed E-state index contributed by atoms with van der Waals surface area (Å²) >= 11 is 0. The fourth-order valence-corrected chi connectivity index (χ4v) is 3.69. The van der Waals surface area contributed by atoms with Gasteiger partial charge >= 0.3 is 0 Å². The number of aromatic nitrogens is 2. The Hall–Kier alpha value is -2.68. The van der Waals surface area contributed by atoms with Crippen molar-refractivity contribution in [1.82, 2.24) is 9.97 Å². The third-order valence-corrected chi connectivity index (χ3v) is 5.04. The second-order valence-electron chi connectivity index (χ2n) is 6.86. The summed E-state index contributed by atoms with van der Waals surface area (Å²) in [7, 11) is 0. The summed E-state index contributed by atoms with van der Waals surface area (Å²) in [6.07, 6.45) is 9.67. The molecule has 25 heavy (non-hydrogen) atoms. The van der Waals surface area contributed by atoms with Crippen LogP contribution in [0.15, 0.2) is 48.5 Å². The number of nitrogens with one attached hydrogen (secondary N) is 1. The Labute approximate surface area is 147 Å². The molecule has 1 N–H and O–H groups in total. The van der Waals surface area contributed by atoms with Crippen LogP contribution in [0.5, 0.6) is 0 Å². The predicted molar refractivity (Wildman–Crippen MR) is 103 cm³/mol. The lowest BCUT2D eigenvalue weighted by atomic mass is 9.97. The monoisotopic (exact) mass is 330 g/mol. The molecule has 0 spiro atoms. The van der Waals surface area contributed by atoms with Crippen molar-refractivity contribution in [2.24, 2.45) is 5.92 Å². The molecular formula is C22H22N2O. The van der Waals surface area contributed by atoms with Crippen LogP contribution >= 0.6 is 0 Å². The van der Waals surface area contributed by atoms with Crippen LogP contribution < -0.4 is 0 Å². The Morgan fingerprint density at radius 2 is 1.96 bits per heavy atom. The van der Waals surface area contributed by atoms with Crippen LogP contribution in [0.4, 0.5) is 0 Å². The second kappa shape index (κ2) is 6.67. The average Bonchev–Trinajstić information content (AvgIpc) is 3.28. The third-order valence-electron chi connectivity index (χ3n) is 5.04. The predicted octanol–water partition coefficient (Wildman–Crippen LogP) is 5.64. The number of ketones is 1. The smallest absolute Gasteiger partial charge is 0.160 e. The van der Waals surface area contributed by atoms with E-state index in [9.17, 15) is 4.79 Å². The van der Waals surface area contributed by atoms with E-state index in [1.165, 1.54) is 25.7 Å². The van der Waals surface area contributed by atoms with Gasteiger partial charge in [0.25, 0.3) is 0 Å². The molecule has 3 heteroatoms. The van der Waals surface area contributed by atoms with Crippen LogP contribution in [0.3, 0.4) is 0 Å². The zero-order chi connectivity index (χ0) is 17.2. The zero-order valence-corrected chi connectivity index (χ0v) is 14.5. The number of rotatable bonds is 4. The molecule has 2 aromatic carbocycles. The number of nitrogens with zero attached hydrogens (tertiary/aromatic N) is 1. The summed E-state index contributed by atoms with van der Waals surface area (Å²) in [6.45, 7) is 1.61. The number of hydrogen-bond acceptors (Lipinski definition) is 2. The number of carbonyl (C=O) groups is 1. The van der Waals surface area contributed by atoms with E-state index in [4.69, 9.17) is 4.98 Å². The third kappa shape index (κ3) is 3.27. The van der Waals surface area contributed by atoms with E-state index in [-0.39, 0.29) is 5.78 Å². The van der Waals surface area contributed by atoms with Gasteiger partial charge in [-0.15, -0.1) is 0 Å². The molecule has 1 aliphatic rings. The van der Waals surface area contributed by atoms with Gasteiger partial charge in [0.1, 0.15) is 5.82 Å². The van der Waals surface area contributed by atoms with Crippen LogP contribution in [0.25, 0.3) is 28.2 Å². The maximum absolute atomic E-state index is 11.9. The summed E-state index contributed by atoms with van der Waals surface area (Å²) in [5.41, 5.74) is 4.69. The summed E-state index contributed by atoms with van der Waals surface area (Å²) in [6, 6.07) is 13.9. The molecule has 4 rings (SSSR count). The van der Waals surface area contributed by atoms with Crippen LogP contribution in [-0.2, 0) is 0 Å². The molecule has 1 fully saturated rings. The molecule has 1 aromatic heterocycles. The largest absolute Gasteiger partial charge is 0.338 e. The molecule has 0 bridgehead atoms. The number of aromatic amines is 1. The number of imidazole rings is 1. The normalized spacial score (nSPS) is 15.4. The van der Waals surface area contributed by atoms with E-state index in [0.717, 1.165) is 33.5 Å². The Kier molecular flexibility index (Phi) is 4.22. The van der Waals surface area contributed by atoms with Crippen molar-refractivity contribution in [2.75, 3.05) is 0 Å². The first-order valence-corrected chi connectivity index (χ1v) is 8.99. The van der Waals surface area contributed by atoms with Crippen molar-refractivity contribution < 1.29 is 4.79 Å². The number of carbonyl (C=O) groups excluding carboxylic acids is 1. The van der Waals surface area contributed by atoms with Crippen LogP contribution in [-0.4, -0.2) is 15.8 Å². The van der Waals surface area contributed by atoms with Gasteiger partial charge in [0.05, 0.1) is 11.0 Å². The highest BCUT2D eigenvalue weighted by Gasteiger charge is 2.12. The fourth-order valence-electron chi connectivity index (χ4n) is 3.69. The van der Waals surface area contributed by atoms with Gasteiger partial charge < -0.3 is 4.98 Å². The zero-order valence-electron chi connectivity index (χ0n) is 14.5. The first kappa shape index (κ1) is 15.8. The average molecular weight is 330 g/mol. The second-order valence-corrected chi connectivity index (χ2v) is 6.86. The molecule has 1 saturated carbocycles. The van der Waals surface area contributed by atoms with Crippen molar-refractivity contribution in [3.63, 3.8) is 0 Å². The van der Waals surface area contributed by atoms with Gasteiger partial charge in [-0.25, -0.2) is 4.98 Å². The number of H-pyrrole nitrogens is 1. The molecule has 126 valence electrons. The van der Waals surface area contributed by atoms with Crippen molar-refractivity contribution in [3.8, 4) is 11.1 Å². The minimum absolute atomic E-state index is 0.0814. The number of benzene rings is 2. The van der Waals surface area contributed by atoms with Gasteiger partial charge in [0.2, 0.25) is 0 Å². The molecule has 0 saturated heterocycles. The van der Waals surface area contributed by atoms with Gasteiger partial charge in [-0.05, 0) is 55.0 Å². The highest BCUT2D eigenvalue weighted by molar-refractivity contribution is 6.01. The minimum atomic E-state index is 0.0814. The van der Waals surface area contributed by atoms with E-state index in [2.05, 4.69) is 23.2 Å². The number of fused-ring (bicyclic) bond motifs is 1. The lowest BCUT2D eigenvalue weighted by molar-refractivity contribution is 0.101. The molecular weight excluding hydrogens is 308 g/mol. The fraction of sp³-hybridized carbons (Fsp3) is 0.273. The highest BCUT2D eigenvalue weighted by atomic mass is 16.1. The van der Waals surface area contributed by atoms with E-state index in [1.54, 1.807) is 6.92 Å². The number of Topliss-reactive ketones (excluding diaryl/α,β-unsaturated/α-hetero) is 1. The SMILES string of the molecule is CC(=O)c1ccccc1-c1ccc2[nH]c(/C=C/C3CCCC3)nc2c1. The lowest BCUT2D eigenvalue weighted by Gasteiger charge is -2.06. The first-order valence-electron chi connectivity index (χ1n) is 8.99. The Morgan fingerprint density at radius 1 is 1.16 bits per heavy atom. The summed E-state index contributed by atoms with van der Waals surface area (Å²) in [5.74, 6) is 1.68. The molecule has 0 radical (unpaired) electrons. The Morgan fingerprint density at radius 3 is 2.76 bits per heavy atom.